The first-order chi connectivity index (χ1) is 19.1. The summed E-state index contributed by atoms with van der Waals surface area (Å²) >= 11 is 0. The van der Waals surface area contributed by atoms with Crippen molar-refractivity contribution in [3.05, 3.63) is 69.7 Å². The van der Waals surface area contributed by atoms with E-state index in [4.69, 9.17) is 4.74 Å². The van der Waals surface area contributed by atoms with Gasteiger partial charge in [0.2, 0.25) is 0 Å². The highest BCUT2D eigenvalue weighted by molar-refractivity contribution is 5.73. The molecule has 208 valence electrons. The number of benzene rings is 1. The van der Waals surface area contributed by atoms with Crippen LogP contribution in [0, 0.1) is 39.9 Å². The van der Waals surface area contributed by atoms with E-state index in [0.717, 1.165) is 17.6 Å². The lowest BCUT2D eigenvalue weighted by Crippen LogP contribution is -2.55. The first kappa shape index (κ1) is 27.0. The van der Waals surface area contributed by atoms with Gasteiger partial charge in [0, 0.05) is 29.8 Å². The summed E-state index contributed by atoms with van der Waals surface area (Å²) in [6.45, 7) is 13.8. The number of rotatable bonds is 2. The molecule has 5 aliphatic rings. The Morgan fingerprint density at radius 2 is 1.48 bits per heavy atom. The fourth-order valence-corrected chi connectivity index (χ4v) is 8.31. The Morgan fingerprint density at radius 3 is 2.00 bits per heavy atom. The molecular weight excluding hydrogens is 490 g/mol. The Kier molecular flexibility index (Phi) is 6.53. The van der Waals surface area contributed by atoms with Gasteiger partial charge in [0.25, 0.3) is 0 Å². The van der Waals surface area contributed by atoms with E-state index in [9.17, 15) is 10.5 Å². The first-order valence-corrected chi connectivity index (χ1v) is 15.3. The van der Waals surface area contributed by atoms with E-state index in [1.54, 1.807) is 16.8 Å². The molecule has 4 nitrogen and oxygen atoms in total. The summed E-state index contributed by atoms with van der Waals surface area (Å²) in [6, 6.07) is 9.06. The first-order valence-electron chi connectivity index (χ1n) is 15.3. The average Bonchev–Trinajstić information content (AvgIpc) is 2.93. The summed E-state index contributed by atoms with van der Waals surface area (Å²) in [7, 11) is 0. The lowest BCUT2D eigenvalue weighted by Gasteiger charge is -2.58. The highest BCUT2D eigenvalue weighted by atomic mass is 16.5. The van der Waals surface area contributed by atoms with E-state index in [2.05, 4.69) is 69.9 Å². The number of nitriles is 2. The van der Waals surface area contributed by atoms with Crippen molar-refractivity contribution in [2.75, 3.05) is 18.0 Å². The van der Waals surface area contributed by atoms with Crippen LogP contribution in [-0.4, -0.2) is 13.1 Å². The minimum Gasteiger partial charge on any atom is -0.461 e. The van der Waals surface area contributed by atoms with Crippen LogP contribution in [-0.2, 0) is 15.6 Å². The topological polar surface area (TPSA) is 60.0 Å². The molecule has 6 rings (SSSR count). The molecule has 0 radical (unpaired) electrons. The van der Waals surface area contributed by atoms with E-state index in [-0.39, 0.29) is 21.8 Å². The smallest absolute Gasteiger partial charge is 0.137 e. The molecule has 2 aliphatic carbocycles. The van der Waals surface area contributed by atoms with Crippen molar-refractivity contribution in [2.24, 2.45) is 17.3 Å². The maximum absolute atomic E-state index is 9.54. The SMILES string of the molecule is CC(C)(C)C1=CC(=C(C#N)C#N)C=C(/C=C/c2cc3c4c(c2)C2(C)CCCCC2CN4CC2CCCCC32C)O1. The van der Waals surface area contributed by atoms with Gasteiger partial charge in [-0.05, 0) is 95.4 Å². The van der Waals surface area contributed by atoms with Crippen molar-refractivity contribution < 1.29 is 4.74 Å². The Bertz CT molecular complexity index is 1370. The Balaban J connectivity index is 1.46. The molecule has 0 spiro atoms. The molecule has 0 saturated heterocycles. The predicted molar refractivity (Wildman–Crippen MR) is 161 cm³/mol. The third-order valence-electron chi connectivity index (χ3n) is 10.9. The van der Waals surface area contributed by atoms with Crippen molar-refractivity contribution >= 4 is 11.8 Å². The van der Waals surface area contributed by atoms with Gasteiger partial charge < -0.3 is 9.64 Å². The van der Waals surface area contributed by atoms with Crippen LogP contribution in [0.1, 0.15) is 103 Å². The summed E-state index contributed by atoms with van der Waals surface area (Å²) in [5, 5.41) is 19.1. The molecule has 0 amide bonds. The predicted octanol–water partition coefficient (Wildman–Crippen LogP) is 8.62. The summed E-state index contributed by atoms with van der Waals surface area (Å²) in [4.78, 5) is 2.78. The zero-order valence-corrected chi connectivity index (χ0v) is 24.9. The summed E-state index contributed by atoms with van der Waals surface area (Å²) < 4.78 is 6.33. The van der Waals surface area contributed by atoms with Crippen molar-refractivity contribution in [3.63, 3.8) is 0 Å². The number of allylic oxidation sites excluding steroid dienone is 6. The molecule has 0 aromatic heterocycles. The second-order valence-electron chi connectivity index (χ2n) is 14.4. The summed E-state index contributed by atoms with van der Waals surface area (Å²) in [6.07, 6.45) is 18.5. The standard InChI is InChI=1S/C36H43N3O/c1-34(2,3)32-19-25(26(20-37)21-38)18-29(40-32)13-12-24-16-30-33-31(17-24)36(5)15-9-7-11-28(36)23-39(33)22-27-10-6-8-14-35(27,30)4/h12-13,16-19,27-28H,6-11,14-15,22-23H2,1-5H3/b13-12+. The molecule has 40 heavy (non-hydrogen) atoms. The molecular formula is C36H43N3O. The monoisotopic (exact) mass is 533 g/mol. The van der Waals surface area contributed by atoms with E-state index < -0.39 is 0 Å². The van der Waals surface area contributed by atoms with E-state index in [1.165, 1.54) is 70.0 Å². The molecule has 4 heteroatoms. The maximum Gasteiger partial charge on any atom is 0.137 e. The fraction of sp³-hybridized carbons (Fsp3) is 0.556. The second kappa shape index (κ2) is 9.69. The van der Waals surface area contributed by atoms with E-state index in [0.29, 0.717) is 11.3 Å². The van der Waals surface area contributed by atoms with Crippen molar-refractivity contribution in [1.82, 2.24) is 0 Å². The number of nitrogens with zero attached hydrogens (tertiary/aromatic N) is 3. The van der Waals surface area contributed by atoms with Crippen molar-refractivity contribution in [2.45, 2.75) is 96.8 Å². The lowest BCUT2D eigenvalue weighted by atomic mass is 9.56. The van der Waals surface area contributed by atoms with Crippen LogP contribution in [0.25, 0.3) is 6.08 Å². The third-order valence-corrected chi connectivity index (χ3v) is 10.9. The van der Waals surface area contributed by atoms with Crippen LogP contribution in [0.4, 0.5) is 5.69 Å². The molecule has 4 atom stereocenters. The van der Waals surface area contributed by atoms with Gasteiger partial charge in [-0.3, -0.25) is 0 Å². The number of hydrogen-bond donors (Lipinski definition) is 0. The third kappa shape index (κ3) is 4.32. The zero-order valence-electron chi connectivity index (χ0n) is 24.9. The van der Waals surface area contributed by atoms with Gasteiger partial charge in [-0.15, -0.1) is 0 Å². The van der Waals surface area contributed by atoms with E-state index in [1.807, 2.05) is 18.2 Å². The van der Waals surface area contributed by atoms with Gasteiger partial charge in [0.15, 0.2) is 0 Å². The van der Waals surface area contributed by atoms with Gasteiger partial charge in [-0.25, -0.2) is 0 Å². The highest BCUT2D eigenvalue weighted by Gasteiger charge is 2.51. The van der Waals surface area contributed by atoms with Gasteiger partial charge in [-0.2, -0.15) is 10.5 Å². The number of anilines is 1. The molecule has 3 heterocycles. The van der Waals surface area contributed by atoms with Crippen LogP contribution in [0.2, 0.25) is 0 Å². The highest BCUT2D eigenvalue weighted by Crippen LogP contribution is 2.58. The largest absolute Gasteiger partial charge is 0.461 e. The number of ether oxygens (including phenoxy) is 1. The minimum atomic E-state index is -0.247. The molecule has 2 fully saturated rings. The van der Waals surface area contributed by atoms with Crippen molar-refractivity contribution in [1.29, 1.82) is 10.5 Å². The lowest BCUT2D eigenvalue weighted by molar-refractivity contribution is 0.161. The average molecular weight is 534 g/mol. The Morgan fingerprint density at radius 1 is 0.900 bits per heavy atom. The molecule has 3 aliphatic heterocycles. The number of hydrogen-bond acceptors (Lipinski definition) is 4. The van der Waals surface area contributed by atoms with Crippen LogP contribution in [0.15, 0.2) is 53.0 Å². The minimum absolute atomic E-state index is 0.113. The van der Waals surface area contributed by atoms with Gasteiger partial charge in [0.05, 0.1) is 0 Å². The molecule has 1 aromatic carbocycles. The van der Waals surface area contributed by atoms with Gasteiger partial charge in [-0.1, -0.05) is 66.4 Å². The van der Waals surface area contributed by atoms with Crippen LogP contribution >= 0.6 is 0 Å². The van der Waals surface area contributed by atoms with Crippen LogP contribution in [0.3, 0.4) is 0 Å². The van der Waals surface area contributed by atoms with E-state index >= 15 is 0 Å². The van der Waals surface area contributed by atoms with Gasteiger partial charge in [0.1, 0.15) is 29.2 Å². The fourth-order valence-electron chi connectivity index (χ4n) is 8.31. The second-order valence-corrected chi connectivity index (χ2v) is 14.4. The molecule has 1 aromatic rings. The molecule has 2 saturated carbocycles. The van der Waals surface area contributed by atoms with Crippen LogP contribution in [0.5, 0.6) is 0 Å². The normalized spacial score (nSPS) is 31.1. The zero-order chi connectivity index (χ0) is 28.3. The molecule has 0 N–H and O–H groups in total. The molecule has 0 bridgehead atoms. The van der Waals surface area contributed by atoms with Crippen molar-refractivity contribution in [3.8, 4) is 12.1 Å². The Labute approximate surface area is 240 Å². The maximum atomic E-state index is 9.54. The van der Waals surface area contributed by atoms with Crippen LogP contribution < -0.4 is 4.90 Å². The van der Waals surface area contributed by atoms with Gasteiger partial charge >= 0.3 is 0 Å². The number of fused-ring (bicyclic) bond motifs is 4. The summed E-state index contributed by atoms with van der Waals surface area (Å²) in [5.41, 5.74) is 6.87. The Hall–Kier alpha value is -3.24. The summed E-state index contributed by atoms with van der Waals surface area (Å²) in [5.74, 6) is 2.88. The molecule has 4 unspecified atom stereocenters. The quantitative estimate of drug-likeness (QED) is 0.357.